The zero-order valence-corrected chi connectivity index (χ0v) is 9.98. The molecule has 0 saturated heterocycles. The molecule has 0 saturated carbocycles. The zero-order chi connectivity index (χ0) is 12.5. The second-order valence-electron chi connectivity index (χ2n) is 3.52. The summed E-state index contributed by atoms with van der Waals surface area (Å²) in [5, 5.41) is 1.93. The maximum atomic E-state index is 12.0. The lowest BCUT2D eigenvalue weighted by Crippen LogP contribution is -2.30. The van der Waals surface area contributed by atoms with Crippen LogP contribution in [0.5, 0.6) is 0 Å². The second kappa shape index (κ2) is 4.15. The number of nitrogens with one attached hydrogen (secondary N) is 1. The van der Waals surface area contributed by atoms with Crippen LogP contribution < -0.4 is 16.1 Å². The average molecular weight is 263 g/mol. The first-order valence-corrected chi connectivity index (χ1v) is 6.01. The molecule has 3 aromatic heterocycles. The van der Waals surface area contributed by atoms with Crippen LogP contribution in [0, 0.1) is 0 Å². The number of nitrogens with zero attached hydrogens (tertiary/aromatic N) is 3. The van der Waals surface area contributed by atoms with Gasteiger partial charge in [-0.15, -0.1) is 16.1 Å². The van der Waals surface area contributed by atoms with Crippen molar-refractivity contribution in [2.45, 2.75) is 6.61 Å². The van der Waals surface area contributed by atoms with Crippen molar-refractivity contribution in [1.82, 2.24) is 19.7 Å². The number of imidazole rings is 1. The normalized spacial score (nSPS) is 10.9. The van der Waals surface area contributed by atoms with Gasteiger partial charge in [0.25, 0.3) is 0 Å². The molecular formula is C10H9N5O2S. The molecule has 0 aliphatic carbocycles. The SMILES string of the molecule is Nc1nc2[nH]cnc2c(=O)n1OCc1cccs1. The number of nitrogen functional groups attached to an aromatic ring is 1. The van der Waals surface area contributed by atoms with Crippen molar-refractivity contribution in [3.8, 4) is 0 Å². The number of thiophene rings is 1. The first-order chi connectivity index (χ1) is 8.75. The number of anilines is 1. The minimum Gasteiger partial charge on any atom is -0.402 e. The highest BCUT2D eigenvalue weighted by atomic mass is 32.1. The fourth-order valence-corrected chi connectivity index (χ4v) is 2.15. The molecule has 92 valence electrons. The number of H-pyrrole nitrogens is 1. The summed E-state index contributed by atoms with van der Waals surface area (Å²) in [6, 6.07) is 3.82. The van der Waals surface area contributed by atoms with Crippen LogP contribution in [-0.4, -0.2) is 19.7 Å². The van der Waals surface area contributed by atoms with E-state index in [2.05, 4.69) is 15.0 Å². The van der Waals surface area contributed by atoms with Crippen molar-refractivity contribution in [3.05, 3.63) is 39.1 Å². The molecule has 0 bridgehead atoms. The minimum atomic E-state index is -0.421. The van der Waals surface area contributed by atoms with Crippen molar-refractivity contribution in [3.63, 3.8) is 0 Å². The van der Waals surface area contributed by atoms with E-state index in [-0.39, 0.29) is 18.1 Å². The summed E-state index contributed by atoms with van der Waals surface area (Å²) in [6.45, 7) is 0.263. The van der Waals surface area contributed by atoms with Gasteiger partial charge in [-0.3, -0.25) is 4.79 Å². The third-order valence-electron chi connectivity index (χ3n) is 2.36. The van der Waals surface area contributed by atoms with E-state index in [1.165, 1.54) is 17.7 Å². The predicted molar refractivity (Wildman–Crippen MR) is 67.2 cm³/mol. The molecule has 0 amide bonds. The molecule has 0 aromatic carbocycles. The number of aromatic amines is 1. The monoisotopic (exact) mass is 263 g/mol. The average Bonchev–Trinajstić information content (AvgIpc) is 2.98. The first-order valence-electron chi connectivity index (χ1n) is 5.13. The van der Waals surface area contributed by atoms with E-state index in [0.717, 1.165) is 9.61 Å². The number of aromatic nitrogens is 4. The molecule has 3 aromatic rings. The van der Waals surface area contributed by atoms with Gasteiger partial charge in [0.2, 0.25) is 5.95 Å². The first kappa shape index (κ1) is 10.8. The van der Waals surface area contributed by atoms with E-state index in [4.69, 9.17) is 10.6 Å². The smallest absolute Gasteiger partial charge is 0.316 e. The lowest BCUT2D eigenvalue weighted by molar-refractivity contribution is 0.0950. The Labute approximate surface area is 105 Å². The molecule has 7 nitrogen and oxygen atoms in total. The van der Waals surface area contributed by atoms with Gasteiger partial charge in [-0.2, -0.15) is 4.98 Å². The highest BCUT2D eigenvalue weighted by Crippen LogP contribution is 2.09. The number of nitrogens with two attached hydrogens (primary N) is 1. The van der Waals surface area contributed by atoms with E-state index in [0.29, 0.717) is 5.65 Å². The van der Waals surface area contributed by atoms with Crippen LogP contribution in [0.1, 0.15) is 4.88 Å². The van der Waals surface area contributed by atoms with Gasteiger partial charge in [-0.05, 0) is 11.4 Å². The Bertz CT molecular complexity index is 730. The summed E-state index contributed by atoms with van der Waals surface area (Å²) >= 11 is 1.54. The standard InChI is InChI=1S/C10H9N5O2S/c11-10-14-8-7(12-5-13-8)9(16)15(10)17-4-6-2-1-3-18-6/h1-3,5H,4H2,(H2,11,14)(H,12,13). The predicted octanol–water partition coefficient (Wildman–Crippen LogP) is 0.392. The molecule has 0 aliphatic heterocycles. The van der Waals surface area contributed by atoms with Gasteiger partial charge >= 0.3 is 5.56 Å². The van der Waals surface area contributed by atoms with Crippen molar-refractivity contribution >= 4 is 28.4 Å². The molecule has 0 radical (unpaired) electrons. The van der Waals surface area contributed by atoms with Crippen LogP contribution in [0.15, 0.2) is 28.6 Å². The maximum absolute atomic E-state index is 12.0. The minimum absolute atomic E-state index is 0.00620. The molecule has 18 heavy (non-hydrogen) atoms. The van der Waals surface area contributed by atoms with E-state index in [1.807, 2.05) is 17.5 Å². The fraction of sp³-hybridized carbons (Fsp3) is 0.100. The summed E-state index contributed by atoms with van der Waals surface area (Å²) < 4.78 is 0.961. The Morgan fingerprint density at radius 3 is 3.22 bits per heavy atom. The highest BCUT2D eigenvalue weighted by molar-refractivity contribution is 7.09. The van der Waals surface area contributed by atoms with Gasteiger partial charge in [0.05, 0.1) is 6.33 Å². The van der Waals surface area contributed by atoms with Crippen LogP contribution in [0.4, 0.5) is 5.95 Å². The number of hydrogen-bond acceptors (Lipinski definition) is 6. The summed E-state index contributed by atoms with van der Waals surface area (Å²) in [5.74, 6) is -0.00620. The van der Waals surface area contributed by atoms with Gasteiger partial charge in [-0.25, -0.2) is 4.98 Å². The van der Waals surface area contributed by atoms with E-state index < -0.39 is 5.56 Å². The number of fused-ring (bicyclic) bond motifs is 1. The Balaban J connectivity index is 1.98. The summed E-state index contributed by atoms with van der Waals surface area (Å²) in [5.41, 5.74) is 5.81. The van der Waals surface area contributed by atoms with Crippen LogP contribution in [0.3, 0.4) is 0 Å². The molecule has 0 unspecified atom stereocenters. The zero-order valence-electron chi connectivity index (χ0n) is 9.16. The molecule has 8 heteroatoms. The largest absolute Gasteiger partial charge is 0.402 e. The fourth-order valence-electron chi connectivity index (χ4n) is 1.54. The van der Waals surface area contributed by atoms with Gasteiger partial charge in [0.15, 0.2) is 11.2 Å². The Hall–Kier alpha value is -2.35. The second-order valence-corrected chi connectivity index (χ2v) is 4.55. The van der Waals surface area contributed by atoms with Crippen molar-refractivity contribution in [2.24, 2.45) is 0 Å². The van der Waals surface area contributed by atoms with Crippen LogP contribution in [0.25, 0.3) is 11.2 Å². The molecule has 0 spiro atoms. The van der Waals surface area contributed by atoms with Gasteiger partial charge in [0.1, 0.15) is 6.61 Å². The molecule has 3 N–H and O–H groups in total. The molecule has 0 aliphatic rings. The Morgan fingerprint density at radius 1 is 1.56 bits per heavy atom. The maximum Gasteiger partial charge on any atom is 0.316 e. The molecule has 3 heterocycles. The molecule has 0 fully saturated rings. The number of hydrogen-bond donors (Lipinski definition) is 2. The van der Waals surface area contributed by atoms with Crippen LogP contribution in [0.2, 0.25) is 0 Å². The lowest BCUT2D eigenvalue weighted by Gasteiger charge is -2.08. The summed E-state index contributed by atoms with van der Waals surface area (Å²) in [7, 11) is 0. The quantitative estimate of drug-likeness (QED) is 0.712. The Kier molecular flexibility index (Phi) is 2.49. The van der Waals surface area contributed by atoms with Crippen LogP contribution >= 0.6 is 11.3 Å². The van der Waals surface area contributed by atoms with Gasteiger partial charge in [0, 0.05) is 4.88 Å². The van der Waals surface area contributed by atoms with E-state index in [9.17, 15) is 4.79 Å². The molecular weight excluding hydrogens is 254 g/mol. The van der Waals surface area contributed by atoms with Gasteiger partial charge in [-0.1, -0.05) is 6.07 Å². The van der Waals surface area contributed by atoms with E-state index >= 15 is 0 Å². The van der Waals surface area contributed by atoms with E-state index in [1.54, 1.807) is 0 Å². The van der Waals surface area contributed by atoms with Gasteiger partial charge < -0.3 is 15.6 Å². The van der Waals surface area contributed by atoms with Crippen molar-refractivity contribution in [1.29, 1.82) is 0 Å². The third-order valence-corrected chi connectivity index (χ3v) is 3.21. The summed E-state index contributed by atoms with van der Waals surface area (Å²) in [6.07, 6.45) is 1.39. The molecule has 3 rings (SSSR count). The third kappa shape index (κ3) is 1.72. The van der Waals surface area contributed by atoms with Crippen LogP contribution in [-0.2, 0) is 6.61 Å². The molecule has 0 atom stereocenters. The summed E-state index contributed by atoms with van der Waals surface area (Å²) in [4.78, 5) is 29.0. The highest BCUT2D eigenvalue weighted by Gasteiger charge is 2.11. The van der Waals surface area contributed by atoms with Crippen molar-refractivity contribution < 1.29 is 4.84 Å². The Morgan fingerprint density at radius 2 is 2.44 bits per heavy atom. The lowest BCUT2D eigenvalue weighted by atomic mass is 10.5. The number of rotatable bonds is 3. The van der Waals surface area contributed by atoms with Crippen molar-refractivity contribution in [2.75, 3.05) is 5.73 Å². The topological polar surface area (TPSA) is 98.8 Å².